The molecule has 0 unspecified atom stereocenters. The topological polar surface area (TPSA) is 121 Å². The summed E-state index contributed by atoms with van der Waals surface area (Å²) in [5.41, 5.74) is 1.12. The number of hydrogen-bond acceptors (Lipinski definition) is 6. The largest absolute Gasteiger partial charge is 0.508 e. The number of nitrogens with one attached hydrogen (secondary N) is 2. The third kappa shape index (κ3) is 3.73. The maximum atomic E-state index is 12.9. The molecular weight excluding hydrogens is 424 g/mol. The number of phenols is 1. The minimum atomic E-state index is -1.45. The highest BCUT2D eigenvalue weighted by Gasteiger charge is 2.50. The number of carbonyl (C=O) groups excluding carboxylic acids is 3. The molecule has 1 atom stereocenters. The van der Waals surface area contributed by atoms with Crippen LogP contribution in [0.4, 0.5) is 4.79 Å². The Morgan fingerprint density at radius 3 is 2.61 bits per heavy atom. The zero-order valence-electron chi connectivity index (χ0n) is 17.4. The molecule has 1 fully saturated rings. The van der Waals surface area contributed by atoms with Gasteiger partial charge in [-0.05, 0) is 41.5 Å². The molecule has 5 rings (SSSR count). The van der Waals surface area contributed by atoms with Crippen LogP contribution < -0.4 is 15.4 Å². The molecule has 1 saturated heterocycles. The minimum absolute atomic E-state index is 0.00699. The van der Waals surface area contributed by atoms with Crippen LogP contribution in [0.1, 0.15) is 27.0 Å². The number of aromatic hydroxyl groups is 1. The van der Waals surface area contributed by atoms with Crippen molar-refractivity contribution in [2.24, 2.45) is 0 Å². The Labute approximate surface area is 189 Å². The summed E-state index contributed by atoms with van der Waals surface area (Å²) >= 11 is 0. The highest BCUT2D eigenvalue weighted by molar-refractivity contribution is 6.08. The van der Waals surface area contributed by atoms with Crippen molar-refractivity contribution < 1.29 is 24.2 Å². The lowest BCUT2D eigenvalue weighted by Crippen LogP contribution is -2.52. The molecule has 3 aromatic rings. The number of rotatable bonds is 6. The molecule has 0 aliphatic carbocycles. The highest BCUT2D eigenvalue weighted by atomic mass is 16.5. The molecule has 0 spiro atoms. The van der Waals surface area contributed by atoms with Crippen LogP contribution in [0.15, 0.2) is 67.0 Å². The number of ether oxygens (including phenoxy) is 1. The number of aromatic nitrogens is 1. The van der Waals surface area contributed by atoms with Gasteiger partial charge in [0.15, 0.2) is 5.54 Å². The first-order valence-electron chi connectivity index (χ1n) is 10.3. The van der Waals surface area contributed by atoms with E-state index >= 15 is 0 Å². The van der Waals surface area contributed by atoms with E-state index in [1.807, 2.05) is 12.1 Å². The van der Waals surface area contributed by atoms with Gasteiger partial charge in [-0.2, -0.15) is 0 Å². The Bertz CT molecular complexity index is 1250. The Morgan fingerprint density at radius 1 is 1.09 bits per heavy atom. The van der Waals surface area contributed by atoms with Gasteiger partial charge in [-0.3, -0.25) is 19.9 Å². The van der Waals surface area contributed by atoms with Gasteiger partial charge in [0.1, 0.15) is 18.1 Å². The predicted octanol–water partition coefficient (Wildman–Crippen LogP) is 2.06. The standard InChI is InChI=1S/C24H20N4O5/c29-18-6-3-16-12-28(21(30)20(16)10-18)14-24(22(31)26-23(32)27-24)17-4-7-19(8-5-17)33-13-15-2-1-9-25-11-15/h1-11,29H,12-14H2,(H2,26,27,31,32)/t24-/m0/s1. The molecule has 1 aromatic heterocycles. The summed E-state index contributed by atoms with van der Waals surface area (Å²) in [6.07, 6.45) is 3.40. The van der Waals surface area contributed by atoms with Crippen molar-refractivity contribution in [2.45, 2.75) is 18.7 Å². The number of amides is 4. The maximum absolute atomic E-state index is 12.9. The molecule has 4 amide bonds. The van der Waals surface area contributed by atoms with Gasteiger partial charge < -0.3 is 20.1 Å². The molecule has 166 valence electrons. The van der Waals surface area contributed by atoms with E-state index in [0.717, 1.165) is 11.1 Å². The lowest BCUT2D eigenvalue weighted by molar-refractivity contribution is -0.124. The van der Waals surface area contributed by atoms with E-state index in [2.05, 4.69) is 15.6 Å². The van der Waals surface area contributed by atoms with Crippen molar-refractivity contribution in [1.29, 1.82) is 0 Å². The molecule has 2 aliphatic rings. The van der Waals surface area contributed by atoms with Crippen molar-refractivity contribution in [3.05, 3.63) is 89.2 Å². The smallest absolute Gasteiger partial charge is 0.322 e. The number of benzene rings is 2. The van der Waals surface area contributed by atoms with Gasteiger partial charge in [0.2, 0.25) is 0 Å². The summed E-state index contributed by atoms with van der Waals surface area (Å²) in [6, 6.07) is 14.5. The number of pyridine rings is 1. The molecular formula is C24H20N4O5. The number of carbonyl (C=O) groups is 3. The molecule has 3 N–H and O–H groups in total. The zero-order valence-corrected chi connectivity index (χ0v) is 17.4. The van der Waals surface area contributed by atoms with Gasteiger partial charge in [0, 0.05) is 30.1 Å². The van der Waals surface area contributed by atoms with Crippen LogP contribution in [-0.4, -0.2) is 39.4 Å². The fourth-order valence-electron chi connectivity index (χ4n) is 4.15. The monoisotopic (exact) mass is 444 g/mol. The van der Waals surface area contributed by atoms with E-state index in [-0.39, 0.29) is 24.7 Å². The summed E-state index contributed by atoms with van der Waals surface area (Å²) in [7, 11) is 0. The molecule has 3 heterocycles. The van der Waals surface area contributed by atoms with Crippen LogP contribution in [0.3, 0.4) is 0 Å². The normalized spacial score (nSPS) is 19.3. The van der Waals surface area contributed by atoms with Gasteiger partial charge in [-0.25, -0.2) is 4.79 Å². The summed E-state index contributed by atoms with van der Waals surface area (Å²) in [5.74, 6) is -0.274. The third-order valence-corrected chi connectivity index (χ3v) is 5.82. The molecule has 2 aliphatic heterocycles. The first-order chi connectivity index (χ1) is 15.9. The predicted molar refractivity (Wildman–Crippen MR) is 116 cm³/mol. The van der Waals surface area contributed by atoms with Crippen molar-refractivity contribution in [2.75, 3.05) is 6.54 Å². The summed E-state index contributed by atoms with van der Waals surface area (Å²) in [5, 5.41) is 14.7. The van der Waals surface area contributed by atoms with Gasteiger partial charge in [0.05, 0.1) is 6.54 Å². The lowest BCUT2D eigenvalue weighted by atomic mass is 9.89. The zero-order chi connectivity index (χ0) is 23.0. The highest BCUT2D eigenvalue weighted by Crippen LogP contribution is 2.33. The average Bonchev–Trinajstić information content (AvgIpc) is 3.28. The summed E-state index contributed by atoms with van der Waals surface area (Å²) in [4.78, 5) is 43.4. The quantitative estimate of drug-likeness (QED) is 0.501. The van der Waals surface area contributed by atoms with Gasteiger partial charge in [0.25, 0.3) is 11.8 Å². The fraction of sp³-hybridized carbons (Fsp3) is 0.167. The van der Waals surface area contributed by atoms with Crippen LogP contribution in [0.25, 0.3) is 0 Å². The molecule has 9 nitrogen and oxygen atoms in total. The lowest BCUT2D eigenvalue weighted by Gasteiger charge is -2.31. The van der Waals surface area contributed by atoms with Gasteiger partial charge in [-0.15, -0.1) is 0 Å². The second-order valence-corrected chi connectivity index (χ2v) is 7.99. The van der Waals surface area contributed by atoms with Crippen LogP contribution in [0, 0.1) is 0 Å². The van der Waals surface area contributed by atoms with E-state index in [1.165, 1.54) is 17.0 Å². The van der Waals surface area contributed by atoms with E-state index in [4.69, 9.17) is 4.74 Å². The number of imide groups is 1. The van der Waals surface area contributed by atoms with Crippen molar-refractivity contribution >= 4 is 17.8 Å². The van der Waals surface area contributed by atoms with E-state index in [1.54, 1.807) is 42.7 Å². The number of urea groups is 1. The fourth-order valence-corrected chi connectivity index (χ4v) is 4.15. The molecule has 2 aromatic carbocycles. The summed E-state index contributed by atoms with van der Waals surface area (Å²) < 4.78 is 5.78. The SMILES string of the molecule is O=C1NC(=O)[C@](CN2Cc3ccc(O)cc3C2=O)(c2ccc(OCc3cccnc3)cc2)N1. The van der Waals surface area contributed by atoms with Crippen LogP contribution in [-0.2, 0) is 23.5 Å². The second kappa shape index (κ2) is 7.94. The first-order valence-corrected chi connectivity index (χ1v) is 10.3. The maximum Gasteiger partial charge on any atom is 0.322 e. The molecule has 9 heteroatoms. The summed E-state index contributed by atoms with van der Waals surface area (Å²) in [6.45, 7) is 0.545. The Kier molecular flexibility index (Phi) is 4.93. The molecule has 0 radical (unpaired) electrons. The number of hydrogen-bond donors (Lipinski definition) is 3. The number of phenolic OH excluding ortho intramolecular Hbond substituents is 1. The average molecular weight is 444 g/mol. The van der Waals surface area contributed by atoms with Crippen LogP contribution in [0.2, 0.25) is 0 Å². The van der Waals surface area contributed by atoms with Gasteiger partial charge in [-0.1, -0.05) is 24.3 Å². The molecule has 0 bridgehead atoms. The van der Waals surface area contributed by atoms with Crippen molar-refractivity contribution in [1.82, 2.24) is 20.5 Å². The number of fused-ring (bicyclic) bond motifs is 1. The molecule has 33 heavy (non-hydrogen) atoms. The van der Waals surface area contributed by atoms with Crippen LogP contribution in [0.5, 0.6) is 11.5 Å². The van der Waals surface area contributed by atoms with E-state index < -0.39 is 17.5 Å². The third-order valence-electron chi connectivity index (χ3n) is 5.82. The first kappa shape index (κ1) is 20.5. The Balaban J connectivity index is 1.39. The van der Waals surface area contributed by atoms with E-state index in [9.17, 15) is 19.5 Å². The second-order valence-electron chi connectivity index (χ2n) is 7.99. The van der Waals surface area contributed by atoms with Crippen LogP contribution >= 0.6 is 0 Å². The molecule has 0 saturated carbocycles. The van der Waals surface area contributed by atoms with E-state index in [0.29, 0.717) is 23.5 Å². The Morgan fingerprint density at radius 2 is 1.91 bits per heavy atom. The number of nitrogens with zero attached hydrogens (tertiary/aromatic N) is 2. The van der Waals surface area contributed by atoms with Gasteiger partial charge >= 0.3 is 6.03 Å². The van der Waals surface area contributed by atoms with Crippen molar-refractivity contribution in [3.63, 3.8) is 0 Å². The van der Waals surface area contributed by atoms with Crippen molar-refractivity contribution in [3.8, 4) is 11.5 Å². The Hall–Kier alpha value is -4.40. The minimum Gasteiger partial charge on any atom is -0.508 e.